The maximum atomic E-state index is 11.5. The van der Waals surface area contributed by atoms with Crippen molar-refractivity contribution < 1.29 is 24.3 Å². The summed E-state index contributed by atoms with van der Waals surface area (Å²) in [4.78, 5) is 24.6. The van der Waals surface area contributed by atoms with E-state index in [0.29, 0.717) is 47.4 Å². The Balaban J connectivity index is 0.000000251. The molecule has 9 heteroatoms. The van der Waals surface area contributed by atoms with Gasteiger partial charge in [0.25, 0.3) is 0 Å². The predicted octanol–water partition coefficient (Wildman–Crippen LogP) is 9.63. The van der Waals surface area contributed by atoms with Crippen molar-refractivity contribution in [2.45, 2.75) is 52.4 Å². The minimum absolute atomic E-state index is 0.196. The first kappa shape index (κ1) is 36.4. The fourth-order valence-electron chi connectivity index (χ4n) is 4.49. The van der Waals surface area contributed by atoms with Gasteiger partial charge in [0.1, 0.15) is 23.0 Å². The summed E-state index contributed by atoms with van der Waals surface area (Å²) >= 11 is 11.9. The second-order valence-electron chi connectivity index (χ2n) is 10.6. The van der Waals surface area contributed by atoms with Crippen molar-refractivity contribution in [2.75, 3.05) is 20.1 Å². The van der Waals surface area contributed by atoms with Gasteiger partial charge in [0.2, 0.25) is 11.8 Å². The molecule has 0 fully saturated rings. The van der Waals surface area contributed by atoms with E-state index in [0.717, 1.165) is 47.9 Å². The molecule has 7 nitrogen and oxygen atoms in total. The van der Waals surface area contributed by atoms with Crippen LogP contribution in [0.4, 0.5) is 0 Å². The molecule has 0 spiro atoms. The summed E-state index contributed by atoms with van der Waals surface area (Å²) in [6.45, 7) is 4.71. The second kappa shape index (κ2) is 19.5. The smallest absolute Gasteiger partial charge is 0.245 e. The van der Waals surface area contributed by atoms with Gasteiger partial charge in [-0.05, 0) is 85.3 Å². The van der Waals surface area contributed by atoms with Crippen LogP contribution in [0.15, 0.2) is 97.1 Å². The van der Waals surface area contributed by atoms with E-state index in [9.17, 15) is 14.8 Å². The lowest BCUT2D eigenvalue weighted by Crippen LogP contribution is -2.27. The highest BCUT2D eigenvalue weighted by Gasteiger charge is 2.09. The number of halogens is 2. The van der Waals surface area contributed by atoms with Crippen molar-refractivity contribution in [1.29, 1.82) is 0 Å². The van der Waals surface area contributed by atoms with E-state index in [1.807, 2.05) is 80.7 Å². The molecule has 0 aliphatic heterocycles. The molecule has 0 bridgehead atoms. The Morgan fingerprint density at radius 3 is 1.72 bits per heavy atom. The number of ether oxygens (including phenoxy) is 2. The van der Waals surface area contributed by atoms with Crippen LogP contribution in [0.3, 0.4) is 0 Å². The van der Waals surface area contributed by atoms with Gasteiger partial charge in [-0.25, -0.2) is 5.06 Å². The monoisotopic (exact) mass is 664 g/mol. The molecule has 0 unspecified atom stereocenters. The molecular weight excluding hydrogens is 623 g/mol. The van der Waals surface area contributed by atoms with Crippen LogP contribution >= 0.6 is 23.2 Å². The van der Waals surface area contributed by atoms with E-state index in [1.165, 1.54) is 5.56 Å². The third-order valence-corrected chi connectivity index (χ3v) is 7.75. The number of amides is 2. The first-order valence-electron chi connectivity index (χ1n) is 15.4. The molecule has 46 heavy (non-hydrogen) atoms. The van der Waals surface area contributed by atoms with Gasteiger partial charge in [0.15, 0.2) is 0 Å². The van der Waals surface area contributed by atoms with Crippen molar-refractivity contribution in [3.05, 3.63) is 118 Å². The lowest BCUT2D eigenvalue weighted by atomic mass is 10.1. The molecule has 2 amide bonds. The summed E-state index contributed by atoms with van der Waals surface area (Å²) in [5.74, 6) is 2.91. The molecule has 4 rings (SSSR count). The van der Waals surface area contributed by atoms with Crippen LogP contribution in [0, 0.1) is 0 Å². The predicted molar refractivity (Wildman–Crippen MR) is 184 cm³/mol. The summed E-state index contributed by atoms with van der Waals surface area (Å²) in [6, 6.07) is 30.7. The second-order valence-corrected chi connectivity index (χ2v) is 11.4. The summed E-state index contributed by atoms with van der Waals surface area (Å²) in [6.07, 6.45) is 4.15. The van der Waals surface area contributed by atoms with E-state index in [4.69, 9.17) is 32.7 Å². The minimum atomic E-state index is -0.272. The number of carbonyl (C=O) groups excluding carboxylic acids is 2. The van der Waals surface area contributed by atoms with Crippen LogP contribution in [0.5, 0.6) is 23.0 Å². The molecule has 0 saturated carbocycles. The molecule has 244 valence electrons. The van der Waals surface area contributed by atoms with Crippen molar-refractivity contribution in [1.82, 2.24) is 9.96 Å². The Bertz CT molecular complexity index is 1530. The average Bonchev–Trinajstić information content (AvgIpc) is 3.06. The van der Waals surface area contributed by atoms with E-state index in [2.05, 4.69) is 12.1 Å². The van der Waals surface area contributed by atoms with Gasteiger partial charge in [-0.3, -0.25) is 14.8 Å². The number of nitrogens with zero attached hydrogens (tertiary/aromatic N) is 2. The van der Waals surface area contributed by atoms with Crippen LogP contribution in [0.1, 0.15) is 50.7 Å². The molecule has 0 saturated heterocycles. The zero-order valence-electron chi connectivity index (χ0n) is 26.6. The topological polar surface area (TPSA) is 79.3 Å². The molecule has 4 aromatic rings. The number of hydrogen-bond donors (Lipinski definition) is 1. The summed E-state index contributed by atoms with van der Waals surface area (Å²) < 4.78 is 11.6. The van der Waals surface area contributed by atoms with E-state index in [1.54, 1.807) is 30.0 Å². The Kier molecular flexibility index (Phi) is 15.4. The SMILES string of the molecule is CCC(=O)N(C)CCCc1cccc(Oc2ccccc2)c1.CCC(=O)N(O)CCCc1cccc(Oc2ccc(Cl)c(Cl)c2)c1. The third-order valence-electron chi connectivity index (χ3n) is 7.02. The first-order chi connectivity index (χ1) is 22.2. The maximum Gasteiger partial charge on any atom is 0.245 e. The van der Waals surface area contributed by atoms with Crippen molar-refractivity contribution >= 4 is 35.0 Å². The Morgan fingerprint density at radius 2 is 1.15 bits per heavy atom. The molecular formula is C37H42Cl2N2O5. The molecule has 0 aliphatic rings. The molecule has 0 aromatic heterocycles. The van der Waals surface area contributed by atoms with Gasteiger partial charge in [0, 0.05) is 39.0 Å². The van der Waals surface area contributed by atoms with E-state index in [-0.39, 0.29) is 11.8 Å². The number of hydroxylamine groups is 2. The van der Waals surface area contributed by atoms with Crippen LogP contribution in [-0.2, 0) is 22.4 Å². The van der Waals surface area contributed by atoms with Gasteiger partial charge in [-0.2, -0.15) is 0 Å². The highest BCUT2D eigenvalue weighted by Crippen LogP contribution is 2.30. The number of aryl methyl sites for hydroxylation is 2. The third kappa shape index (κ3) is 12.8. The standard InChI is InChI=1S/C19H23NO2.C18H19Cl2NO3/c1-3-19(21)20(2)14-8-10-16-9-7-13-18(15-16)22-17-11-5-4-6-12-17;1-2-18(22)21(23)10-4-6-13-5-3-7-14(11-13)24-15-8-9-16(19)17(20)12-15/h4-7,9,11-13,15H,3,8,10,14H2,1-2H3;3,5,7-9,11-12,23H,2,4,6,10H2,1H3. The van der Waals surface area contributed by atoms with Crippen LogP contribution in [-0.4, -0.2) is 47.1 Å². The van der Waals surface area contributed by atoms with E-state index >= 15 is 0 Å². The number of para-hydroxylation sites is 1. The van der Waals surface area contributed by atoms with Gasteiger partial charge in [-0.1, -0.05) is 79.5 Å². The van der Waals surface area contributed by atoms with E-state index < -0.39 is 0 Å². The Labute approximate surface area is 282 Å². The molecule has 4 aromatic carbocycles. The van der Waals surface area contributed by atoms with Crippen LogP contribution < -0.4 is 9.47 Å². The Hall–Kier alpha value is -4.04. The minimum Gasteiger partial charge on any atom is -0.457 e. The molecule has 0 atom stereocenters. The van der Waals surface area contributed by atoms with Gasteiger partial charge in [-0.15, -0.1) is 0 Å². The zero-order chi connectivity index (χ0) is 33.3. The molecule has 0 radical (unpaired) electrons. The maximum absolute atomic E-state index is 11.5. The van der Waals surface area contributed by atoms with Gasteiger partial charge in [0.05, 0.1) is 10.0 Å². The fraction of sp³-hybridized carbons (Fsp3) is 0.297. The number of rotatable bonds is 14. The lowest BCUT2D eigenvalue weighted by Gasteiger charge is -2.16. The average molecular weight is 666 g/mol. The first-order valence-corrected chi connectivity index (χ1v) is 16.2. The number of carbonyl (C=O) groups is 2. The quantitative estimate of drug-likeness (QED) is 0.107. The molecule has 0 heterocycles. The molecule has 0 aliphatic carbocycles. The fourth-order valence-corrected chi connectivity index (χ4v) is 4.77. The van der Waals surface area contributed by atoms with Crippen LogP contribution in [0.25, 0.3) is 0 Å². The zero-order valence-corrected chi connectivity index (χ0v) is 28.1. The molecule has 1 N–H and O–H groups in total. The number of hydrogen-bond acceptors (Lipinski definition) is 5. The highest BCUT2D eigenvalue weighted by molar-refractivity contribution is 6.42. The summed E-state index contributed by atoms with van der Waals surface area (Å²) in [5, 5.41) is 11.2. The van der Waals surface area contributed by atoms with Gasteiger partial charge < -0.3 is 14.4 Å². The lowest BCUT2D eigenvalue weighted by molar-refractivity contribution is -0.165. The summed E-state index contributed by atoms with van der Waals surface area (Å²) in [7, 11) is 1.86. The van der Waals surface area contributed by atoms with Crippen LogP contribution in [0.2, 0.25) is 10.0 Å². The normalized spacial score (nSPS) is 10.4. The van der Waals surface area contributed by atoms with Crippen molar-refractivity contribution in [2.24, 2.45) is 0 Å². The summed E-state index contributed by atoms with van der Waals surface area (Å²) in [5.41, 5.74) is 2.29. The Morgan fingerprint density at radius 1 is 0.630 bits per heavy atom. The van der Waals surface area contributed by atoms with Crippen molar-refractivity contribution in [3.8, 4) is 23.0 Å². The number of benzene rings is 4. The highest BCUT2D eigenvalue weighted by atomic mass is 35.5. The largest absolute Gasteiger partial charge is 0.457 e. The van der Waals surface area contributed by atoms with Gasteiger partial charge >= 0.3 is 0 Å². The van der Waals surface area contributed by atoms with Crippen molar-refractivity contribution in [3.63, 3.8) is 0 Å².